The maximum absolute atomic E-state index is 12.7. The minimum absolute atomic E-state index is 0.0389. The monoisotopic (exact) mass is 310 g/mol. The molecule has 1 saturated carbocycles. The molecule has 1 aliphatic carbocycles. The van der Waals surface area contributed by atoms with Gasteiger partial charge in [0.05, 0.1) is 11.5 Å². The van der Waals surface area contributed by atoms with Crippen molar-refractivity contribution in [1.82, 2.24) is 10.2 Å². The van der Waals surface area contributed by atoms with E-state index in [9.17, 15) is 23.1 Å². The Bertz CT molecular complexity index is 357. The van der Waals surface area contributed by atoms with Gasteiger partial charge in [0.1, 0.15) is 0 Å². The van der Waals surface area contributed by atoms with E-state index >= 15 is 0 Å². The molecule has 0 aromatic rings. The Kier molecular flexibility index (Phi) is 6.04. The number of likely N-dealkylation sites (N-methyl/N-ethyl adjacent to an activating group) is 1. The molecule has 0 aliphatic heterocycles. The molecule has 0 radical (unpaired) electrons. The van der Waals surface area contributed by atoms with E-state index in [0.29, 0.717) is 19.4 Å². The molecule has 0 saturated heterocycles. The molecule has 1 amide bonds. The Hall–Kier alpha value is -0.820. The molecule has 1 fully saturated rings. The number of hydrogen-bond acceptors (Lipinski definition) is 3. The number of nitrogens with zero attached hydrogens (tertiary/aromatic N) is 1. The number of halogens is 3. The summed E-state index contributed by atoms with van der Waals surface area (Å²) < 4.78 is 38.2. The molecular formula is C14H25F3N2O2. The molecule has 4 nitrogen and oxygen atoms in total. The first-order valence-electron chi connectivity index (χ1n) is 7.23. The van der Waals surface area contributed by atoms with Crippen LogP contribution in [0, 0.1) is 11.8 Å². The van der Waals surface area contributed by atoms with E-state index in [0.717, 1.165) is 0 Å². The van der Waals surface area contributed by atoms with Gasteiger partial charge in [0.2, 0.25) is 5.91 Å². The van der Waals surface area contributed by atoms with E-state index in [2.05, 4.69) is 5.32 Å². The van der Waals surface area contributed by atoms with Crippen LogP contribution in [0.4, 0.5) is 13.2 Å². The van der Waals surface area contributed by atoms with Crippen molar-refractivity contribution in [3.63, 3.8) is 0 Å². The molecule has 2 N–H and O–H groups in total. The average Bonchev–Trinajstić information content (AvgIpc) is 2.33. The zero-order valence-electron chi connectivity index (χ0n) is 12.8. The number of carbonyl (C=O) groups excluding carboxylic acids is 1. The molecule has 0 heterocycles. The lowest BCUT2D eigenvalue weighted by molar-refractivity contribution is -0.186. The molecule has 0 bridgehead atoms. The molecule has 21 heavy (non-hydrogen) atoms. The molecule has 0 aromatic carbocycles. The largest absolute Gasteiger partial charge is 0.391 e. The smallest absolute Gasteiger partial charge is 0.387 e. The third kappa shape index (κ3) is 6.22. The van der Waals surface area contributed by atoms with Crippen LogP contribution >= 0.6 is 0 Å². The summed E-state index contributed by atoms with van der Waals surface area (Å²) in [5.41, 5.74) is -1.10. The first kappa shape index (κ1) is 18.2. The zero-order valence-corrected chi connectivity index (χ0v) is 12.8. The predicted molar refractivity (Wildman–Crippen MR) is 73.7 cm³/mol. The number of alkyl halides is 3. The fraction of sp³-hybridized carbons (Fsp3) is 0.929. The molecular weight excluding hydrogens is 285 g/mol. The average molecular weight is 310 g/mol. The molecule has 7 heteroatoms. The summed E-state index contributed by atoms with van der Waals surface area (Å²) in [6, 6.07) is 0. The maximum Gasteiger partial charge on any atom is 0.391 e. The first-order chi connectivity index (χ1) is 9.51. The second kappa shape index (κ2) is 6.96. The highest BCUT2D eigenvalue weighted by molar-refractivity contribution is 5.78. The molecule has 0 aromatic heterocycles. The van der Waals surface area contributed by atoms with Gasteiger partial charge in [-0.3, -0.25) is 4.79 Å². The van der Waals surface area contributed by atoms with E-state index in [1.54, 1.807) is 25.9 Å². The van der Waals surface area contributed by atoms with Crippen molar-refractivity contribution in [2.75, 3.05) is 27.2 Å². The van der Waals surface area contributed by atoms with Crippen molar-refractivity contribution in [2.24, 2.45) is 11.8 Å². The summed E-state index contributed by atoms with van der Waals surface area (Å²) >= 11 is 0. The summed E-state index contributed by atoms with van der Waals surface area (Å²) in [5.74, 6) is -2.38. The maximum atomic E-state index is 12.7. The number of carbonyl (C=O) groups is 1. The van der Waals surface area contributed by atoms with Gasteiger partial charge in [-0.25, -0.2) is 0 Å². The minimum Gasteiger partial charge on any atom is -0.387 e. The summed E-state index contributed by atoms with van der Waals surface area (Å²) in [6.07, 6.45) is -3.38. The van der Waals surface area contributed by atoms with Crippen LogP contribution in [0.25, 0.3) is 0 Å². The van der Waals surface area contributed by atoms with Gasteiger partial charge in [0.25, 0.3) is 0 Å². The van der Waals surface area contributed by atoms with Crippen molar-refractivity contribution in [2.45, 2.75) is 44.4 Å². The van der Waals surface area contributed by atoms with Crippen molar-refractivity contribution < 1.29 is 23.1 Å². The highest BCUT2D eigenvalue weighted by Gasteiger charge is 2.43. The van der Waals surface area contributed by atoms with Crippen LogP contribution in [0.1, 0.15) is 32.6 Å². The van der Waals surface area contributed by atoms with Crippen molar-refractivity contribution in [1.29, 1.82) is 0 Å². The first-order valence-corrected chi connectivity index (χ1v) is 7.23. The Morgan fingerprint density at radius 2 is 1.95 bits per heavy atom. The van der Waals surface area contributed by atoms with E-state index in [4.69, 9.17) is 0 Å². The fourth-order valence-corrected chi connectivity index (χ4v) is 2.88. The van der Waals surface area contributed by atoms with Crippen molar-refractivity contribution in [3.05, 3.63) is 0 Å². The van der Waals surface area contributed by atoms with E-state index in [-0.39, 0.29) is 25.3 Å². The lowest BCUT2D eigenvalue weighted by Gasteiger charge is -2.31. The quantitative estimate of drug-likeness (QED) is 0.814. The van der Waals surface area contributed by atoms with Gasteiger partial charge in [-0.15, -0.1) is 0 Å². The van der Waals surface area contributed by atoms with Crippen molar-refractivity contribution in [3.8, 4) is 0 Å². The number of rotatable bonds is 5. The number of amides is 1. The number of nitrogens with one attached hydrogen (secondary N) is 1. The highest BCUT2D eigenvalue weighted by Crippen LogP contribution is 2.39. The van der Waals surface area contributed by atoms with Gasteiger partial charge in [-0.05, 0) is 40.3 Å². The third-order valence-corrected chi connectivity index (χ3v) is 3.81. The van der Waals surface area contributed by atoms with Gasteiger partial charge >= 0.3 is 6.18 Å². The van der Waals surface area contributed by atoms with Gasteiger partial charge < -0.3 is 15.3 Å². The van der Waals surface area contributed by atoms with Crippen molar-refractivity contribution >= 4 is 5.91 Å². The summed E-state index contributed by atoms with van der Waals surface area (Å²) in [4.78, 5) is 13.8. The number of aliphatic hydroxyl groups is 1. The van der Waals surface area contributed by atoms with Crippen LogP contribution in [-0.4, -0.2) is 54.9 Å². The van der Waals surface area contributed by atoms with Crippen LogP contribution in [0.5, 0.6) is 0 Å². The van der Waals surface area contributed by atoms with Gasteiger partial charge in [0.15, 0.2) is 0 Å². The van der Waals surface area contributed by atoms with E-state index in [1.165, 1.54) is 0 Å². The van der Waals surface area contributed by atoms with Crippen LogP contribution in [0.15, 0.2) is 0 Å². The number of hydrogen-bond donors (Lipinski definition) is 2. The molecule has 3 atom stereocenters. The molecule has 1 rings (SSSR count). The Balaban J connectivity index is 2.48. The molecule has 124 valence electrons. The lowest BCUT2D eigenvalue weighted by atomic mass is 9.80. The SMILES string of the molecule is CN(C)CC(C)(O)CNC(=O)C1CCCC(C(F)(F)F)C1. The van der Waals surface area contributed by atoms with Crippen LogP contribution in [0.2, 0.25) is 0 Å². The summed E-state index contributed by atoms with van der Waals surface area (Å²) in [7, 11) is 3.59. The van der Waals surface area contributed by atoms with Crippen LogP contribution in [0.3, 0.4) is 0 Å². The van der Waals surface area contributed by atoms with E-state index < -0.39 is 23.6 Å². The van der Waals surface area contributed by atoms with Crippen LogP contribution < -0.4 is 5.32 Å². The topological polar surface area (TPSA) is 52.6 Å². The Morgan fingerprint density at radius 3 is 2.48 bits per heavy atom. The summed E-state index contributed by atoms with van der Waals surface area (Å²) in [6.45, 7) is 1.99. The predicted octanol–water partition coefficient (Wildman–Crippen LogP) is 1.78. The minimum atomic E-state index is -4.23. The second-order valence-corrected chi connectivity index (χ2v) is 6.55. The van der Waals surface area contributed by atoms with Crippen LogP contribution in [-0.2, 0) is 4.79 Å². The lowest BCUT2D eigenvalue weighted by Crippen LogP contribution is -2.48. The van der Waals surface area contributed by atoms with Gasteiger partial charge in [-0.2, -0.15) is 13.2 Å². The zero-order chi connectivity index (χ0) is 16.3. The highest BCUT2D eigenvalue weighted by atomic mass is 19.4. The van der Waals surface area contributed by atoms with E-state index in [1.807, 2.05) is 0 Å². The molecule has 3 unspecified atom stereocenters. The summed E-state index contributed by atoms with van der Waals surface area (Å²) in [5, 5.41) is 12.7. The normalized spacial score (nSPS) is 26.5. The Morgan fingerprint density at radius 1 is 1.33 bits per heavy atom. The molecule has 1 aliphatic rings. The fourth-order valence-electron chi connectivity index (χ4n) is 2.88. The Labute approximate surface area is 123 Å². The van der Waals surface area contributed by atoms with Gasteiger partial charge in [0, 0.05) is 19.0 Å². The molecule has 0 spiro atoms. The second-order valence-electron chi connectivity index (χ2n) is 6.55. The standard InChI is InChI=1S/C14H25F3N2O2/c1-13(21,9-19(2)3)8-18-12(20)10-5-4-6-11(7-10)14(15,16)17/h10-11,21H,4-9H2,1-3H3,(H,18,20). The van der Waals surface area contributed by atoms with Gasteiger partial charge in [-0.1, -0.05) is 6.42 Å². The third-order valence-electron chi connectivity index (χ3n) is 3.81.